The van der Waals surface area contributed by atoms with Crippen LogP contribution >= 0.6 is 11.6 Å². The summed E-state index contributed by atoms with van der Waals surface area (Å²) in [7, 11) is 2.45. The number of esters is 2. The number of ether oxygens (including phenoxy) is 3. The zero-order valence-corrected chi connectivity index (χ0v) is 16.6. The molecule has 0 aliphatic carbocycles. The van der Waals surface area contributed by atoms with E-state index in [1.165, 1.54) is 32.4 Å². The molecule has 8 heteroatoms. The lowest BCUT2D eigenvalue weighted by Gasteiger charge is -2.17. The summed E-state index contributed by atoms with van der Waals surface area (Å²) in [5.74, 6) is -1.27. The standard InChI is InChI=1S/C20H20ClNO6/c1-11-9-14(21)6-8-17(11)28-12(2)18(23)22-16-10-13(19(24)26-3)5-7-15(16)20(25)27-4/h5-10,12H,1-4H3,(H,22,23)/t12-/m1/s1. The number of nitrogens with one attached hydrogen (secondary N) is 1. The highest BCUT2D eigenvalue weighted by molar-refractivity contribution is 6.30. The van der Waals surface area contributed by atoms with Crippen LogP contribution < -0.4 is 10.1 Å². The van der Waals surface area contributed by atoms with E-state index in [9.17, 15) is 14.4 Å². The summed E-state index contributed by atoms with van der Waals surface area (Å²) in [6.45, 7) is 3.37. The maximum atomic E-state index is 12.6. The molecule has 0 aromatic heterocycles. The quantitative estimate of drug-likeness (QED) is 0.738. The van der Waals surface area contributed by atoms with Crippen LogP contribution in [0.1, 0.15) is 33.2 Å². The van der Waals surface area contributed by atoms with Gasteiger partial charge < -0.3 is 19.5 Å². The number of carbonyl (C=O) groups excluding carboxylic acids is 3. The zero-order chi connectivity index (χ0) is 20.8. The number of halogens is 1. The number of amides is 1. The molecule has 0 heterocycles. The Morgan fingerprint density at radius 2 is 1.68 bits per heavy atom. The number of methoxy groups -OCH3 is 2. The van der Waals surface area contributed by atoms with Crippen molar-refractivity contribution in [3.05, 3.63) is 58.1 Å². The summed E-state index contributed by atoms with van der Waals surface area (Å²) >= 11 is 5.92. The molecular formula is C20H20ClNO6. The van der Waals surface area contributed by atoms with Gasteiger partial charge in [-0.2, -0.15) is 0 Å². The van der Waals surface area contributed by atoms with Gasteiger partial charge in [-0.3, -0.25) is 4.79 Å². The Morgan fingerprint density at radius 1 is 1.00 bits per heavy atom. The summed E-state index contributed by atoms with van der Waals surface area (Å²) in [5, 5.41) is 3.16. The molecule has 148 valence electrons. The highest BCUT2D eigenvalue weighted by atomic mass is 35.5. The van der Waals surface area contributed by atoms with Crippen LogP contribution in [0.4, 0.5) is 5.69 Å². The maximum absolute atomic E-state index is 12.6. The van der Waals surface area contributed by atoms with Gasteiger partial charge in [0.2, 0.25) is 0 Å². The third-order valence-electron chi connectivity index (χ3n) is 3.91. The Bertz CT molecular complexity index is 912. The van der Waals surface area contributed by atoms with Crippen LogP contribution in [0.25, 0.3) is 0 Å². The highest BCUT2D eigenvalue weighted by Gasteiger charge is 2.21. The van der Waals surface area contributed by atoms with Crippen molar-refractivity contribution < 1.29 is 28.6 Å². The van der Waals surface area contributed by atoms with Gasteiger partial charge in [0.25, 0.3) is 5.91 Å². The fraction of sp³-hybridized carbons (Fsp3) is 0.250. The number of benzene rings is 2. The Balaban J connectivity index is 2.25. The molecule has 28 heavy (non-hydrogen) atoms. The van der Waals surface area contributed by atoms with Gasteiger partial charge >= 0.3 is 11.9 Å². The second-order valence-electron chi connectivity index (χ2n) is 5.90. The molecule has 0 bridgehead atoms. The van der Waals surface area contributed by atoms with E-state index in [1.54, 1.807) is 32.0 Å². The van der Waals surface area contributed by atoms with Gasteiger partial charge in [-0.25, -0.2) is 9.59 Å². The van der Waals surface area contributed by atoms with E-state index in [2.05, 4.69) is 10.1 Å². The number of hydrogen-bond acceptors (Lipinski definition) is 6. The molecule has 2 rings (SSSR count). The molecule has 0 spiro atoms. The molecule has 0 aliphatic rings. The Labute approximate surface area is 167 Å². The molecule has 0 saturated carbocycles. The first-order chi connectivity index (χ1) is 13.3. The molecule has 0 fully saturated rings. The number of aryl methyl sites for hydroxylation is 1. The van der Waals surface area contributed by atoms with Crippen LogP contribution in [-0.4, -0.2) is 38.2 Å². The number of anilines is 1. The average molecular weight is 406 g/mol. The van der Waals surface area contributed by atoms with Crippen molar-refractivity contribution in [2.75, 3.05) is 19.5 Å². The summed E-state index contributed by atoms with van der Waals surface area (Å²) < 4.78 is 15.1. The molecule has 1 atom stereocenters. The monoisotopic (exact) mass is 405 g/mol. The first-order valence-electron chi connectivity index (χ1n) is 8.31. The summed E-state index contributed by atoms with van der Waals surface area (Å²) in [6, 6.07) is 9.17. The van der Waals surface area contributed by atoms with Crippen molar-refractivity contribution in [3.8, 4) is 5.75 Å². The number of rotatable bonds is 6. The van der Waals surface area contributed by atoms with Gasteiger partial charge in [-0.15, -0.1) is 0 Å². The second-order valence-corrected chi connectivity index (χ2v) is 6.34. The van der Waals surface area contributed by atoms with Gasteiger partial charge in [0.1, 0.15) is 5.75 Å². The molecule has 0 radical (unpaired) electrons. The Morgan fingerprint density at radius 3 is 2.29 bits per heavy atom. The lowest BCUT2D eigenvalue weighted by Crippen LogP contribution is -2.31. The molecule has 0 aliphatic heterocycles. The Kier molecular flexibility index (Phi) is 7.00. The maximum Gasteiger partial charge on any atom is 0.339 e. The lowest BCUT2D eigenvalue weighted by atomic mass is 10.1. The molecule has 1 N–H and O–H groups in total. The average Bonchev–Trinajstić information content (AvgIpc) is 2.68. The van der Waals surface area contributed by atoms with Crippen molar-refractivity contribution in [1.29, 1.82) is 0 Å². The molecule has 2 aromatic rings. The number of hydrogen-bond donors (Lipinski definition) is 1. The third-order valence-corrected chi connectivity index (χ3v) is 4.15. The second kappa shape index (κ2) is 9.23. The smallest absolute Gasteiger partial charge is 0.339 e. The van der Waals surface area contributed by atoms with E-state index in [0.29, 0.717) is 10.8 Å². The van der Waals surface area contributed by atoms with Crippen molar-refractivity contribution in [2.24, 2.45) is 0 Å². The van der Waals surface area contributed by atoms with Crippen molar-refractivity contribution in [3.63, 3.8) is 0 Å². The summed E-state index contributed by atoms with van der Waals surface area (Å²) in [5.41, 5.74) is 1.16. The number of carbonyl (C=O) groups is 3. The van der Waals surface area contributed by atoms with Crippen LogP contribution in [0.15, 0.2) is 36.4 Å². The van der Waals surface area contributed by atoms with Crippen molar-refractivity contribution >= 4 is 35.1 Å². The van der Waals surface area contributed by atoms with E-state index in [1.807, 2.05) is 0 Å². The molecule has 2 aromatic carbocycles. The van der Waals surface area contributed by atoms with E-state index in [-0.39, 0.29) is 16.8 Å². The van der Waals surface area contributed by atoms with E-state index in [4.69, 9.17) is 21.1 Å². The molecule has 7 nitrogen and oxygen atoms in total. The van der Waals surface area contributed by atoms with Crippen LogP contribution in [0, 0.1) is 6.92 Å². The minimum Gasteiger partial charge on any atom is -0.481 e. The SMILES string of the molecule is COC(=O)c1ccc(C(=O)OC)c(NC(=O)[C@@H](C)Oc2ccc(Cl)cc2C)c1. The van der Waals surface area contributed by atoms with Gasteiger partial charge in [-0.1, -0.05) is 11.6 Å². The summed E-state index contributed by atoms with van der Waals surface area (Å²) in [4.78, 5) is 36.3. The lowest BCUT2D eigenvalue weighted by molar-refractivity contribution is -0.122. The summed E-state index contributed by atoms with van der Waals surface area (Å²) in [6.07, 6.45) is -0.882. The van der Waals surface area contributed by atoms with Crippen LogP contribution in [0.3, 0.4) is 0 Å². The van der Waals surface area contributed by atoms with Crippen LogP contribution in [-0.2, 0) is 14.3 Å². The molecule has 0 saturated heterocycles. The largest absolute Gasteiger partial charge is 0.481 e. The normalized spacial score (nSPS) is 11.3. The minimum absolute atomic E-state index is 0.0957. The van der Waals surface area contributed by atoms with Gasteiger partial charge in [0.05, 0.1) is 31.0 Å². The first-order valence-corrected chi connectivity index (χ1v) is 8.69. The van der Waals surface area contributed by atoms with Gasteiger partial charge in [-0.05, 0) is 55.8 Å². The van der Waals surface area contributed by atoms with Gasteiger partial charge in [0, 0.05) is 5.02 Å². The van der Waals surface area contributed by atoms with Crippen molar-refractivity contribution in [1.82, 2.24) is 0 Å². The highest BCUT2D eigenvalue weighted by Crippen LogP contribution is 2.24. The third kappa shape index (κ3) is 5.01. The first kappa shape index (κ1) is 21.2. The van der Waals surface area contributed by atoms with Gasteiger partial charge in [0.15, 0.2) is 6.10 Å². The van der Waals surface area contributed by atoms with Crippen molar-refractivity contribution in [2.45, 2.75) is 20.0 Å². The van der Waals surface area contributed by atoms with E-state index < -0.39 is 23.9 Å². The topological polar surface area (TPSA) is 90.9 Å². The molecule has 0 unspecified atom stereocenters. The van der Waals surface area contributed by atoms with E-state index >= 15 is 0 Å². The van der Waals surface area contributed by atoms with Crippen LogP contribution in [0.5, 0.6) is 5.75 Å². The minimum atomic E-state index is -0.882. The molecular weight excluding hydrogens is 386 g/mol. The fourth-order valence-corrected chi connectivity index (χ4v) is 2.63. The predicted octanol–water partition coefficient (Wildman–Crippen LogP) is 3.63. The molecule has 1 amide bonds. The predicted molar refractivity (Wildman–Crippen MR) is 104 cm³/mol. The zero-order valence-electron chi connectivity index (χ0n) is 15.9. The fourth-order valence-electron chi connectivity index (χ4n) is 2.40. The van der Waals surface area contributed by atoms with E-state index in [0.717, 1.165) is 5.56 Å². The Hall–Kier alpha value is -3.06. The van der Waals surface area contributed by atoms with Crippen LogP contribution in [0.2, 0.25) is 5.02 Å².